The highest BCUT2D eigenvalue weighted by Crippen LogP contribution is 2.49. The van der Waals surface area contributed by atoms with Gasteiger partial charge >= 0.3 is 0 Å². The van der Waals surface area contributed by atoms with Crippen molar-refractivity contribution in [2.45, 2.75) is 11.5 Å². The molecule has 0 aliphatic rings. The van der Waals surface area contributed by atoms with Crippen molar-refractivity contribution in [1.29, 1.82) is 0 Å². The minimum atomic E-state index is -0.585. The van der Waals surface area contributed by atoms with Crippen LogP contribution < -0.4 is 10.1 Å². The summed E-state index contributed by atoms with van der Waals surface area (Å²) in [6.07, 6.45) is 3.72. The fourth-order valence-electron chi connectivity index (χ4n) is 5.35. The molecule has 0 fully saturated rings. The fraction of sp³-hybridized carbons (Fsp3) is 0.0571. The van der Waals surface area contributed by atoms with Crippen LogP contribution in [0.3, 0.4) is 0 Å². The lowest BCUT2D eigenvalue weighted by atomic mass is 9.63. The number of imidazole rings is 1. The minimum Gasteiger partial charge on any atom is -0.457 e. The number of aromatic amines is 1. The molecule has 1 heterocycles. The number of aromatic nitrogens is 2. The maximum atomic E-state index is 6.04. The van der Waals surface area contributed by atoms with Crippen LogP contribution in [0.5, 0.6) is 11.5 Å². The van der Waals surface area contributed by atoms with Gasteiger partial charge in [0.15, 0.2) is 0 Å². The molecule has 0 amide bonds. The third-order valence-corrected chi connectivity index (χ3v) is 7.08. The summed E-state index contributed by atoms with van der Waals surface area (Å²) in [6, 6.07) is 49.7. The Morgan fingerprint density at radius 2 is 1.03 bits per heavy atom. The first kappa shape index (κ1) is 24.3. The first-order chi connectivity index (χ1) is 19.3. The van der Waals surface area contributed by atoms with Crippen molar-refractivity contribution in [2.24, 2.45) is 0 Å². The number of nitrogens with one attached hydrogen (secondary N) is 2. The van der Waals surface area contributed by atoms with Gasteiger partial charge in [-0.15, -0.1) is 0 Å². The number of hydrogen-bond donors (Lipinski definition) is 2. The average Bonchev–Trinajstić information content (AvgIpc) is 3.55. The Labute approximate surface area is 229 Å². The molecule has 2 N–H and O–H groups in total. The van der Waals surface area contributed by atoms with Crippen molar-refractivity contribution in [3.05, 3.63) is 181 Å². The second kappa shape index (κ2) is 11.1. The van der Waals surface area contributed by atoms with E-state index in [-0.39, 0.29) is 6.04 Å². The van der Waals surface area contributed by atoms with Crippen LogP contribution in [0.4, 0.5) is 5.69 Å². The summed E-state index contributed by atoms with van der Waals surface area (Å²) in [4.78, 5) is 7.97. The smallest absolute Gasteiger partial charge is 0.127 e. The van der Waals surface area contributed by atoms with Crippen LogP contribution in [0.15, 0.2) is 158 Å². The third-order valence-electron chi connectivity index (χ3n) is 7.08. The number of anilines is 1. The van der Waals surface area contributed by atoms with E-state index >= 15 is 0 Å². The zero-order chi connectivity index (χ0) is 26.3. The van der Waals surface area contributed by atoms with Crippen LogP contribution in [0.25, 0.3) is 0 Å². The van der Waals surface area contributed by atoms with Gasteiger partial charge in [0.25, 0.3) is 0 Å². The van der Waals surface area contributed by atoms with Crippen molar-refractivity contribution >= 4 is 5.69 Å². The molecule has 6 aromatic rings. The van der Waals surface area contributed by atoms with Gasteiger partial charge in [0.05, 0.1) is 23.5 Å². The molecule has 1 aromatic heterocycles. The Morgan fingerprint density at radius 1 is 0.564 bits per heavy atom. The molecule has 39 heavy (non-hydrogen) atoms. The van der Waals surface area contributed by atoms with Crippen molar-refractivity contribution in [3.63, 3.8) is 0 Å². The third kappa shape index (κ3) is 4.92. The van der Waals surface area contributed by atoms with Gasteiger partial charge < -0.3 is 15.0 Å². The van der Waals surface area contributed by atoms with E-state index in [1.54, 1.807) is 6.33 Å². The molecule has 0 saturated heterocycles. The fourth-order valence-corrected chi connectivity index (χ4v) is 5.35. The standard InChI is InChI=1S/C35H29N3O/c1-5-13-27(14-6-1)35(28-15-7-2-8-16-28,29-17-9-3-10-18-29)34(33-25-36-26-37-33)38-30-21-23-32(24-22-30)39-31-19-11-4-12-20-31/h1-26,34,38H,(H,36,37). The first-order valence-corrected chi connectivity index (χ1v) is 13.1. The molecule has 0 saturated carbocycles. The molecule has 0 spiro atoms. The van der Waals surface area contributed by atoms with Crippen molar-refractivity contribution in [2.75, 3.05) is 5.32 Å². The van der Waals surface area contributed by atoms with Crippen LogP contribution in [0.2, 0.25) is 0 Å². The van der Waals surface area contributed by atoms with Gasteiger partial charge in [-0.1, -0.05) is 109 Å². The molecule has 1 atom stereocenters. The first-order valence-electron chi connectivity index (χ1n) is 13.1. The number of H-pyrrole nitrogens is 1. The molecule has 0 radical (unpaired) electrons. The summed E-state index contributed by atoms with van der Waals surface area (Å²) in [6.45, 7) is 0. The van der Waals surface area contributed by atoms with E-state index in [0.29, 0.717) is 0 Å². The predicted octanol–water partition coefficient (Wildman–Crippen LogP) is 8.39. The van der Waals surface area contributed by atoms with E-state index < -0.39 is 5.41 Å². The van der Waals surface area contributed by atoms with Gasteiger partial charge in [-0.05, 0) is 53.1 Å². The Hall–Kier alpha value is -5.09. The second-order valence-corrected chi connectivity index (χ2v) is 9.42. The largest absolute Gasteiger partial charge is 0.457 e. The quantitative estimate of drug-likeness (QED) is 0.193. The summed E-state index contributed by atoms with van der Waals surface area (Å²) < 4.78 is 6.04. The van der Waals surface area contributed by atoms with Gasteiger partial charge in [-0.3, -0.25) is 0 Å². The Balaban J connectivity index is 1.49. The number of rotatable bonds is 9. The number of ether oxygens (including phenoxy) is 1. The zero-order valence-electron chi connectivity index (χ0n) is 21.4. The lowest BCUT2D eigenvalue weighted by Gasteiger charge is -2.43. The second-order valence-electron chi connectivity index (χ2n) is 9.42. The summed E-state index contributed by atoms with van der Waals surface area (Å²) >= 11 is 0. The highest BCUT2D eigenvalue weighted by Gasteiger charge is 2.45. The van der Waals surface area contributed by atoms with Gasteiger partial charge in [-0.2, -0.15) is 0 Å². The van der Waals surface area contributed by atoms with Gasteiger partial charge in [0, 0.05) is 11.9 Å². The summed E-state index contributed by atoms with van der Waals surface area (Å²) in [5, 5.41) is 3.87. The minimum absolute atomic E-state index is 0.239. The zero-order valence-corrected chi connectivity index (χ0v) is 21.4. The molecule has 0 bridgehead atoms. The Kier molecular flexibility index (Phi) is 6.91. The van der Waals surface area contributed by atoms with Crippen molar-refractivity contribution in [1.82, 2.24) is 9.97 Å². The summed E-state index contributed by atoms with van der Waals surface area (Å²) in [5.41, 5.74) is 4.82. The molecule has 0 aliphatic heterocycles. The number of benzene rings is 5. The van der Waals surface area contributed by atoms with Crippen LogP contribution in [-0.2, 0) is 5.41 Å². The average molecular weight is 508 g/mol. The number of para-hydroxylation sites is 1. The lowest BCUT2D eigenvalue weighted by Crippen LogP contribution is -2.40. The highest BCUT2D eigenvalue weighted by atomic mass is 16.5. The monoisotopic (exact) mass is 507 g/mol. The van der Waals surface area contributed by atoms with E-state index in [0.717, 1.165) is 22.9 Å². The summed E-state index contributed by atoms with van der Waals surface area (Å²) in [7, 11) is 0. The van der Waals surface area contributed by atoms with Crippen LogP contribution in [-0.4, -0.2) is 9.97 Å². The molecule has 6 rings (SSSR count). The molecule has 190 valence electrons. The molecule has 0 aliphatic carbocycles. The van der Waals surface area contributed by atoms with E-state index in [1.165, 1.54) is 16.7 Å². The Morgan fingerprint density at radius 3 is 1.49 bits per heavy atom. The van der Waals surface area contributed by atoms with Crippen LogP contribution in [0.1, 0.15) is 28.4 Å². The predicted molar refractivity (Wildman–Crippen MR) is 157 cm³/mol. The molecule has 1 unspecified atom stereocenters. The molecular weight excluding hydrogens is 478 g/mol. The number of hydrogen-bond acceptors (Lipinski definition) is 3. The number of nitrogens with zero attached hydrogens (tertiary/aromatic N) is 1. The van der Waals surface area contributed by atoms with E-state index in [2.05, 4.69) is 113 Å². The summed E-state index contributed by atoms with van der Waals surface area (Å²) in [5.74, 6) is 1.59. The van der Waals surface area contributed by atoms with Crippen molar-refractivity contribution < 1.29 is 4.74 Å². The van der Waals surface area contributed by atoms with E-state index in [9.17, 15) is 0 Å². The normalized spacial score (nSPS) is 12.0. The molecular formula is C35H29N3O. The van der Waals surface area contributed by atoms with Gasteiger partial charge in [0.2, 0.25) is 0 Å². The van der Waals surface area contributed by atoms with Gasteiger partial charge in [0.1, 0.15) is 11.5 Å². The Bertz CT molecular complexity index is 1470. The molecule has 4 heteroatoms. The van der Waals surface area contributed by atoms with Gasteiger partial charge in [-0.25, -0.2) is 4.98 Å². The molecule has 4 nitrogen and oxygen atoms in total. The lowest BCUT2D eigenvalue weighted by molar-refractivity contribution is 0.482. The van der Waals surface area contributed by atoms with E-state index in [4.69, 9.17) is 9.72 Å². The topological polar surface area (TPSA) is 49.9 Å². The molecule has 5 aromatic carbocycles. The van der Waals surface area contributed by atoms with Crippen LogP contribution in [0, 0.1) is 0 Å². The van der Waals surface area contributed by atoms with Crippen LogP contribution >= 0.6 is 0 Å². The maximum absolute atomic E-state index is 6.04. The van der Waals surface area contributed by atoms with Crippen molar-refractivity contribution in [3.8, 4) is 11.5 Å². The SMILES string of the molecule is c1ccc(Oc2ccc(NC(c3c[nH]cn3)C(c3ccccc3)(c3ccccc3)c3ccccc3)cc2)cc1. The highest BCUT2D eigenvalue weighted by molar-refractivity contribution is 5.58. The van der Waals surface area contributed by atoms with E-state index in [1.807, 2.05) is 48.7 Å². The maximum Gasteiger partial charge on any atom is 0.127 e.